The molecule has 0 bridgehead atoms. The van der Waals surface area contributed by atoms with E-state index in [1.54, 1.807) is 6.33 Å². The van der Waals surface area contributed by atoms with Crippen molar-refractivity contribution in [3.8, 4) is 0 Å². The van der Waals surface area contributed by atoms with Gasteiger partial charge in [-0.2, -0.15) is 0 Å². The van der Waals surface area contributed by atoms with Gasteiger partial charge in [-0.05, 0) is 12.8 Å². The van der Waals surface area contributed by atoms with Crippen molar-refractivity contribution in [2.45, 2.75) is 44.1 Å². The molecule has 1 aromatic rings. The molecule has 1 aromatic heterocycles. The maximum atomic E-state index is 12.3. The van der Waals surface area contributed by atoms with Crippen LogP contribution >= 0.6 is 0 Å². The number of amides is 1. The summed E-state index contributed by atoms with van der Waals surface area (Å²) in [5.74, 6) is 0.0692. The van der Waals surface area contributed by atoms with Gasteiger partial charge in [0.15, 0.2) is 0 Å². The molecule has 1 amide bonds. The Morgan fingerprint density at radius 3 is 2.95 bits per heavy atom. The van der Waals surface area contributed by atoms with Crippen molar-refractivity contribution >= 4 is 5.91 Å². The van der Waals surface area contributed by atoms with Crippen molar-refractivity contribution in [2.75, 3.05) is 6.61 Å². The number of nitrogens with zero attached hydrogens (tertiary/aromatic N) is 3. The Bertz CT molecular complexity index is 520. The second-order valence-corrected chi connectivity index (χ2v) is 5.90. The summed E-state index contributed by atoms with van der Waals surface area (Å²) in [7, 11) is 0. The number of aryl methyl sites for hydroxylation is 1. The van der Waals surface area contributed by atoms with Crippen molar-refractivity contribution in [3.63, 3.8) is 0 Å². The number of hydrogen-bond acceptors (Lipinski definition) is 6. The van der Waals surface area contributed by atoms with Crippen molar-refractivity contribution in [2.24, 2.45) is 11.8 Å². The van der Waals surface area contributed by atoms with Gasteiger partial charge in [-0.25, -0.2) is 0 Å². The van der Waals surface area contributed by atoms with Crippen molar-refractivity contribution < 1.29 is 20.1 Å². The van der Waals surface area contributed by atoms with Gasteiger partial charge >= 0.3 is 0 Å². The molecule has 2 heterocycles. The van der Waals surface area contributed by atoms with E-state index in [0.29, 0.717) is 25.8 Å². The maximum Gasteiger partial charge on any atom is 0.223 e. The average Bonchev–Trinajstić information content (AvgIpc) is 3.06. The van der Waals surface area contributed by atoms with Crippen LogP contribution in [0.15, 0.2) is 6.33 Å². The first-order valence-electron chi connectivity index (χ1n) is 7.24. The summed E-state index contributed by atoms with van der Waals surface area (Å²) in [6, 6.07) is -0.510. The minimum atomic E-state index is -1.03. The van der Waals surface area contributed by atoms with Crippen LogP contribution in [0.3, 0.4) is 0 Å². The molecule has 21 heavy (non-hydrogen) atoms. The molecule has 0 aromatic carbocycles. The van der Waals surface area contributed by atoms with E-state index in [9.17, 15) is 15.0 Å². The SMILES string of the molecule is O=C(N[C@H]1C[C@@H](CO)[C@H](O)[C@@H]1O)C1CCn2cnnc2C1. The third kappa shape index (κ3) is 2.66. The molecule has 1 saturated carbocycles. The molecular formula is C13H20N4O4. The summed E-state index contributed by atoms with van der Waals surface area (Å²) in [5, 5.41) is 39.4. The predicted molar refractivity (Wildman–Crippen MR) is 71.0 cm³/mol. The first-order chi connectivity index (χ1) is 10.1. The van der Waals surface area contributed by atoms with Crippen molar-refractivity contribution in [3.05, 3.63) is 12.2 Å². The molecule has 1 aliphatic heterocycles. The summed E-state index contributed by atoms with van der Waals surface area (Å²) >= 11 is 0. The third-order valence-corrected chi connectivity index (χ3v) is 4.58. The van der Waals surface area contributed by atoms with Crippen LogP contribution in [0.1, 0.15) is 18.7 Å². The van der Waals surface area contributed by atoms with Crippen LogP contribution in [0.2, 0.25) is 0 Å². The number of fused-ring (bicyclic) bond motifs is 1. The smallest absolute Gasteiger partial charge is 0.223 e. The molecule has 1 fully saturated rings. The summed E-state index contributed by atoms with van der Waals surface area (Å²) in [5.41, 5.74) is 0. The fraction of sp³-hybridized carbons (Fsp3) is 0.769. The molecule has 0 spiro atoms. The highest BCUT2D eigenvalue weighted by Crippen LogP contribution is 2.27. The Morgan fingerprint density at radius 1 is 1.43 bits per heavy atom. The van der Waals surface area contributed by atoms with E-state index in [2.05, 4.69) is 15.5 Å². The predicted octanol–water partition coefficient (Wildman–Crippen LogP) is -1.94. The van der Waals surface area contributed by atoms with Gasteiger partial charge in [0.05, 0.1) is 12.1 Å². The lowest BCUT2D eigenvalue weighted by Gasteiger charge is -2.25. The zero-order chi connectivity index (χ0) is 15.0. The van der Waals surface area contributed by atoms with E-state index in [1.165, 1.54) is 0 Å². The average molecular weight is 296 g/mol. The summed E-state index contributed by atoms with van der Waals surface area (Å²) < 4.78 is 1.93. The summed E-state index contributed by atoms with van der Waals surface area (Å²) in [6.07, 6.45) is 1.25. The third-order valence-electron chi connectivity index (χ3n) is 4.58. The topological polar surface area (TPSA) is 120 Å². The molecule has 0 saturated heterocycles. The lowest BCUT2D eigenvalue weighted by Crippen LogP contribution is -2.46. The number of aliphatic hydroxyl groups excluding tert-OH is 3. The van der Waals surface area contributed by atoms with Gasteiger partial charge in [0.1, 0.15) is 18.3 Å². The highest BCUT2D eigenvalue weighted by Gasteiger charge is 2.42. The summed E-state index contributed by atoms with van der Waals surface area (Å²) in [6.45, 7) is 0.507. The van der Waals surface area contributed by atoms with E-state index in [4.69, 9.17) is 5.11 Å². The van der Waals surface area contributed by atoms with Crippen LogP contribution in [0, 0.1) is 11.8 Å². The number of rotatable bonds is 3. The van der Waals surface area contributed by atoms with Crippen LogP contribution in [-0.4, -0.2) is 60.8 Å². The van der Waals surface area contributed by atoms with Crippen molar-refractivity contribution in [1.82, 2.24) is 20.1 Å². The van der Waals surface area contributed by atoms with Gasteiger partial charge in [0.2, 0.25) is 5.91 Å². The second-order valence-electron chi connectivity index (χ2n) is 5.90. The van der Waals surface area contributed by atoms with E-state index in [-0.39, 0.29) is 24.3 Å². The molecule has 3 rings (SSSR count). The highest BCUT2D eigenvalue weighted by molar-refractivity contribution is 5.79. The molecule has 1 unspecified atom stereocenters. The van der Waals surface area contributed by atoms with Gasteiger partial charge in [-0.15, -0.1) is 10.2 Å². The van der Waals surface area contributed by atoms with Crippen LogP contribution < -0.4 is 5.32 Å². The van der Waals surface area contributed by atoms with Gasteiger partial charge in [0, 0.05) is 31.4 Å². The fourth-order valence-corrected chi connectivity index (χ4v) is 3.21. The minimum Gasteiger partial charge on any atom is -0.396 e. The standard InChI is InChI=1S/C13H20N4O4/c18-5-8-3-9(12(20)11(8)19)15-13(21)7-1-2-17-6-14-16-10(17)4-7/h6-9,11-12,18-20H,1-5H2,(H,15,21)/t7?,8-,9-,11-,12+/m0/s1. The van der Waals surface area contributed by atoms with E-state index < -0.39 is 18.2 Å². The summed E-state index contributed by atoms with van der Waals surface area (Å²) in [4.78, 5) is 12.3. The molecule has 8 heteroatoms. The fourth-order valence-electron chi connectivity index (χ4n) is 3.21. The Labute approximate surface area is 121 Å². The monoisotopic (exact) mass is 296 g/mol. The van der Waals surface area contributed by atoms with Crippen LogP contribution in [0.25, 0.3) is 0 Å². The van der Waals surface area contributed by atoms with Gasteiger partial charge in [0.25, 0.3) is 0 Å². The largest absolute Gasteiger partial charge is 0.396 e. The number of hydrogen-bond donors (Lipinski definition) is 4. The van der Waals surface area contributed by atoms with E-state index >= 15 is 0 Å². The quantitative estimate of drug-likeness (QED) is 0.515. The van der Waals surface area contributed by atoms with E-state index in [0.717, 1.165) is 5.82 Å². The molecule has 4 N–H and O–H groups in total. The Kier molecular flexibility index (Phi) is 3.92. The van der Waals surface area contributed by atoms with Crippen LogP contribution in [0.4, 0.5) is 0 Å². The normalized spacial score (nSPS) is 35.5. The molecule has 2 aliphatic rings. The lowest BCUT2D eigenvalue weighted by atomic mass is 9.96. The Balaban J connectivity index is 1.60. The molecule has 8 nitrogen and oxygen atoms in total. The zero-order valence-corrected chi connectivity index (χ0v) is 11.6. The van der Waals surface area contributed by atoms with E-state index in [1.807, 2.05) is 4.57 Å². The molecule has 0 radical (unpaired) electrons. The maximum absolute atomic E-state index is 12.3. The Morgan fingerprint density at radius 2 is 2.24 bits per heavy atom. The Hall–Kier alpha value is -1.51. The number of aliphatic hydroxyl groups is 3. The first-order valence-corrected chi connectivity index (χ1v) is 7.24. The number of aromatic nitrogens is 3. The van der Waals surface area contributed by atoms with Crippen LogP contribution in [0.5, 0.6) is 0 Å². The number of carbonyl (C=O) groups is 1. The molecule has 1 aliphatic carbocycles. The van der Waals surface area contributed by atoms with Gasteiger partial charge in [-0.3, -0.25) is 4.79 Å². The molecule has 5 atom stereocenters. The number of nitrogens with one attached hydrogen (secondary N) is 1. The minimum absolute atomic E-state index is 0.140. The zero-order valence-electron chi connectivity index (χ0n) is 11.6. The molecular weight excluding hydrogens is 276 g/mol. The number of carbonyl (C=O) groups excluding carboxylic acids is 1. The highest BCUT2D eigenvalue weighted by atomic mass is 16.3. The van der Waals surface area contributed by atoms with Crippen molar-refractivity contribution in [1.29, 1.82) is 0 Å². The van der Waals surface area contributed by atoms with Gasteiger partial charge < -0.3 is 25.2 Å². The van der Waals surface area contributed by atoms with Gasteiger partial charge in [-0.1, -0.05) is 0 Å². The second kappa shape index (κ2) is 5.70. The first kappa shape index (κ1) is 14.4. The lowest BCUT2D eigenvalue weighted by molar-refractivity contribution is -0.127. The van der Waals surface area contributed by atoms with Crippen LogP contribution in [-0.2, 0) is 17.8 Å². The molecule has 116 valence electrons.